The molecule has 2 aliphatic rings. The molecule has 3 unspecified atom stereocenters. The smallest absolute Gasteiger partial charge is 0.128 e. The summed E-state index contributed by atoms with van der Waals surface area (Å²) in [6.45, 7) is 3.28. The molecule has 0 radical (unpaired) electrons. The summed E-state index contributed by atoms with van der Waals surface area (Å²) < 4.78 is 19.8. The lowest BCUT2D eigenvalue weighted by atomic mass is 9.79. The standard InChI is InChI=1S/C14H17FN2OS/c1-14(9-4-2-3-5-11(9)15)10-6-18-7-12(10)19-8-13(16)17-14/h2-5,10,12H,6-8H2,1H3,(H2,16,17). The van der Waals surface area contributed by atoms with Gasteiger partial charge >= 0.3 is 0 Å². The number of fused-ring (bicyclic) bond motifs is 1. The minimum atomic E-state index is -0.639. The number of aliphatic imine (C=N–C) groups is 1. The third-order valence-electron chi connectivity index (χ3n) is 3.99. The Bertz CT molecular complexity index is 522. The second-order valence-corrected chi connectivity index (χ2v) is 6.45. The van der Waals surface area contributed by atoms with Crippen molar-refractivity contribution in [3.05, 3.63) is 35.6 Å². The first kappa shape index (κ1) is 12.9. The lowest BCUT2D eigenvalue weighted by Gasteiger charge is -2.33. The van der Waals surface area contributed by atoms with Gasteiger partial charge in [-0.2, -0.15) is 0 Å². The van der Waals surface area contributed by atoms with Gasteiger partial charge in [-0.25, -0.2) is 4.39 Å². The minimum Gasteiger partial charge on any atom is -0.387 e. The summed E-state index contributed by atoms with van der Waals surface area (Å²) in [6, 6.07) is 6.83. The second-order valence-electron chi connectivity index (χ2n) is 5.22. The lowest BCUT2D eigenvalue weighted by Crippen LogP contribution is -2.37. The van der Waals surface area contributed by atoms with Crippen LogP contribution in [0, 0.1) is 11.7 Å². The zero-order chi connectivity index (χ0) is 13.5. The van der Waals surface area contributed by atoms with Crippen LogP contribution in [0.4, 0.5) is 4.39 Å². The van der Waals surface area contributed by atoms with Crippen molar-refractivity contribution in [3.8, 4) is 0 Å². The minimum absolute atomic E-state index is 0.162. The Kier molecular flexibility index (Phi) is 3.27. The molecular weight excluding hydrogens is 263 g/mol. The molecule has 0 amide bonds. The number of rotatable bonds is 1. The van der Waals surface area contributed by atoms with E-state index >= 15 is 0 Å². The van der Waals surface area contributed by atoms with Crippen molar-refractivity contribution in [2.75, 3.05) is 19.0 Å². The summed E-state index contributed by atoms with van der Waals surface area (Å²) in [6.07, 6.45) is 0. The van der Waals surface area contributed by atoms with Crippen LogP contribution < -0.4 is 5.73 Å². The maximum Gasteiger partial charge on any atom is 0.128 e. The Morgan fingerprint density at radius 3 is 3.00 bits per heavy atom. The molecule has 1 aromatic carbocycles. The highest BCUT2D eigenvalue weighted by Gasteiger charge is 2.47. The molecule has 5 heteroatoms. The predicted molar refractivity (Wildman–Crippen MR) is 75.9 cm³/mol. The molecule has 3 rings (SSSR count). The molecule has 0 aromatic heterocycles. The van der Waals surface area contributed by atoms with Gasteiger partial charge in [-0.05, 0) is 13.0 Å². The van der Waals surface area contributed by atoms with Crippen molar-refractivity contribution >= 4 is 17.6 Å². The van der Waals surface area contributed by atoms with Crippen LogP contribution in [0.1, 0.15) is 12.5 Å². The monoisotopic (exact) mass is 280 g/mol. The number of hydrogen-bond donors (Lipinski definition) is 1. The number of nitrogens with two attached hydrogens (primary N) is 1. The highest BCUT2D eigenvalue weighted by Crippen LogP contribution is 2.45. The van der Waals surface area contributed by atoms with Crippen molar-refractivity contribution in [2.24, 2.45) is 16.6 Å². The molecule has 1 aromatic rings. The molecule has 2 N–H and O–H groups in total. The van der Waals surface area contributed by atoms with Crippen molar-refractivity contribution in [1.82, 2.24) is 0 Å². The molecule has 2 aliphatic heterocycles. The molecule has 19 heavy (non-hydrogen) atoms. The molecule has 1 saturated heterocycles. The first-order valence-electron chi connectivity index (χ1n) is 6.40. The van der Waals surface area contributed by atoms with E-state index in [2.05, 4.69) is 4.99 Å². The summed E-state index contributed by atoms with van der Waals surface area (Å²) in [7, 11) is 0. The Hall–Kier alpha value is -1.07. The molecule has 2 heterocycles. The van der Waals surface area contributed by atoms with Crippen molar-refractivity contribution in [2.45, 2.75) is 17.7 Å². The average molecular weight is 280 g/mol. The molecule has 1 fully saturated rings. The zero-order valence-corrected chi connectivity index (χ0v) is 11.6. The largest absolute Gasteiger partial charge is 0.387 e. The molecular formula is C14H17FN2OS. The molecule has 0 spiro atoms. The van der Waals surface area contributed by atoms with E-state index in [0.717, 1.165) is 0 Å². The fourth-order valence-electron chi connectivity index (χ4n) is 2.96. The summed E-state index contributed by atoms with van der Waals surface area (Å²) in [5.74, 6) is 1.22. The molecule has 3 nitrogen and oxygen atoms in total. The van der Waals surface area contributed by atoms with Crippen LogP contribution in [0.2, 0.25) is 0 Å². The van der Waals surface area contributed by atoms with Gasteiger partial charge in [0.05, 0.1) is 24.5 Å². The fourth-order valence-corrected chi connectivity index (χ4v) is 4.18. The van der Waals surface area contributed by atoms with Gasteiger partial charge in [0.1, 0.15) is 11.7 Å². The third-order valence-corrected chi connectivity index (χ3v) is 5.35. The van der Waals surface area contributed by atoms with Gasteiger partial charge in [0.15, 0.2) is 0 Å². The van der Waals surface area contributed by atoms with E-state index < -0.39 is 5.54 Å². The molecule has 0 saturated carbocycles. The number of ether oxygens (including phenoxy) is 1. The highest BCUT2D eigenvalue weighted by molar-refractivity contribution is 8.00. The second kappa shape index (κ2) is 4.80. The van der Waals surface area contributed by atoms with E-state index in [4.69, 9.17) is 10.5 Å². The van der Waals surface area contributed by atoms with Gasteiger partial charge in [-0.3, -0.25) is 4.99 Å². The van der Waals surface area contributed by atoms with Gasteiger partial charge in [0.25, 0.3) is 0 Å². The Morgan fingerprint density at radius 2 is 2.21 bits per heavy atom. The van der Waals surface area contributed by atoms with E-state index in [1.807, 2.05) is 13.0 Å². The van der Waals surface area contributed by atoms with Crippen LogP contribution in [-0.4, -0.2) is 30.1 Å². The number of amidine groups is 1. The van der Waals surface area contributed by atoms with Crippen LogP contribution in [0.25, 0.3) is 0 Å². The SMILES string of the molecule is CC1(c2ccccc2F)N=C(N)CSC2COCC21. The van der Waals surface area contributed by atoms with Crippen molar-refractivity contribution < 1.29 is 9.13 Å². The summed E-state index contributed by atoms with van der Waals surface area (Å²) >= 11 is 1.76. The summed E-state index contributed by atoms with van der Waals surface area (Å²) in [4.78, 5) is 4.64. The quantitative estimate of drug-likeness (QED) is 0.857. The van der Waals surface area contributed by atoms with E-state index in [1.54, 1.807) is 23.9 Å². The number of thioether (sulfide) groups is 1. The number of benzene rings is 1. The first-order chi connectivity index (χ1) is 9.11. The van der Waals surface area contributed by atoms with E-state index in [1.165, 1.54) is 6.07 Å². The van der Waals surface area contributed by atoms with Crippen molar-refractivity contribution in [1.29, 1.82) is 0 Å². The maximum atomic E-state index is 14.2. The van der Waals surface area contributed by atoms with Gasteiger partial charge in [-0.1, -0.05) is 18.2 Å². The van der Waals surface area contributed by atoms with Crippen LogP contribution in [0.3, 0.4) is 0 Å². The Balaban J connectivity index is 2.12. The Morgan fingerprint density at radius 1 is 1.42 bits per heavy atom. The van der Waals surface area contributed by atoms with Crippen molar-refractivity contribution in [3.63, 3.8) is 0 Å². The van der Waals surface area contributed by atoms with Gasteiger partial charge in [-0.15, -0.1) is 11.8 Å². The number of nitrogens with zero attached hydrogens (tertiary/aromatic N) is 1. The van der Waals surface area contributed by atoms with Crippen LogP contribution in [0.5, 0.6) is 0 Å². The summed E-state index contributed by atoms with van der Waals surface area (Å²) in [5, 5.41) is 0.328. The van der Waals surface area contributed by atoms with Gasteiger partial charge in [0, 0.05) is 16.7 Å². The Labute approximate surface area is 116 Å². The lowest BCUT2D eigenvalue weighted by molar-refractivity contribution is 0.166. The van der Waals surface area contributed by atoms with Crippen LogP contribution >= 0.6 is 11.8 Å². The van der Waals surface area contributed by atoms with E-state index in [9.17, 15) is 4.39 Å². The van der Waals surface area contributed by atoms with E-state index in [-0.39, 0.29) is 11.7 Å². The average Bonchev–Trinajstić information content (AvgIpc) is 2.81. The predicted octanol–water partition coefficient (Wildman–Crippen LogP) is 2.16. The van der Waals surface area contributed by atoms with Crippen LogP contribution in [-0.2, 0) is 10.3 Å². The molecule has 3 atom stereocenters. The molecule has 102 valence electrons. The normalized spacial score (nSPS) is 34.5. The van der Waals surface area contributed by atoms with Gasteiger partial charge in [0.2, 0.25) is 0 Å². The zero-order valence-electron chi connectivity index (χ0n) is 10.8. The molecule has 0 aliphatic carbocycles. The third kappa shape index (κ3) is 2.15. The van der Waals surface area contributed by atoms with Crippen LogP contribution in [0.15, 0.2) is 29.3 Å². The highest BCUT2D eigenvalue weighted by atomic mass is 32.2. The maximum absolute atomic E-state index is 14.2. The topological polar surface area (TPSA) is 47.6 Å². The van der Waals surface area contributed by atoms with E-state index in [0.29, 0.717) is 35.6 Å². The first-order valence-corrected chi connectivity index (χ1v) is 7.44. The molecule has 0 bridgehead atoms. The number of hydrogen-bond acceptors (Lipinski definition) is 4. The fraction of sp³-hybridized carbons (Fsp3) is 0.500. The summed E-state index contributed by atoms with van der Waals surface area (Å²) in [5.41, 5.74) is 5.94. The van der Waals surface area contributed by atoms with Gasteiger partial charge < -0.3 is 10.5 Å². The number of halogens is 1.